The van der Waals surface area contributed by atoms with E-state index in [-0.39, 0.29) is 24.3 Å². The standard InChI is InChI=1S/C12H21NO3/c1-4-6-13(8-11(14)16-5-2)12(15)10-7-9(10)3/h9-10H,4-8H2,1-3H3. The molecule has 1 aliphatic carbocycles. The van der Waals surface area contributed by atoms with Crippen LogP contribution in [0.1, 0.15) is 33.6 Å². The molecule has 0 aromatic carbocycles. The molecule has 0 aromatic rings. The quantitative estimate of drug-likeness (QED) is 0.645. The van der Waals surface area contributed by atoms with Crippen LogP contribution in [0.5, 0.6) is 0 Å². The van der Waals surface area contributed by atoms with E-state index in [1.54, 1.807) is 11.8 Å². The van der Waals surface area contributed by atoms with E-state index in [0.29, 0.717) is 19.1 Å². The van der Waals surface area contributed by atoms with E-state index >= 15 is 0 Å². The molecule has 0 aromatic heterocycles. The van der Waals surface area contributed by atoms with Gasteiger partial charge in [-0.1, -0.05) is 13.8 Å². The molecule has 0 heterocycles. The number of carbonyl (C=O) groups excluding carboxylic acids is 2. The Bertz CT molecular complexity index is 265. The Balaban J connectivity index is 2.46. The zero-order valence-corrected chi connectivity index (χ0v) is 10.4. The number of hydrogen-bond acceptors (Lipinski definition) is 3. The fourth-order valence-corrected chi connectivity index (χ4v) is 1.80. The highest BCUT2D eigenvalue weighted by Crippen LogP contribution is 2.39. The van der Waals surface area contributed by atoms with Gasteiger partial charge in [0.1, 0.15) is 6.54 Å². The van der Waals surface area contributed by atoms with Crippen molar-refractivity contribution in [2.24, 2.45) is 11.8 Å². The van der Waals surface area contributed by atoms with E-state index in [9.17, 15) is 9.59 Å². The van der Waals surface area contributed by atoms with Gasteiger partial charge in [-0.15, -0.1) is 0 Å². The van der Waals surface area contributed by atoms with Crippen molar-refractivity contribution in [1.29, 1.82) is 0 Å². The lowest BCUT2D eigenvalue weighted by Gasteiger charge is -2.21. The van der Waals surface area contributed by atoms with Crippen LogP contribution >= 0.6 is 0 Å². The third kappa shape index (κ3) is 3.51. The van der Waals surface area contributed by atoms with Gasteiger partial charge in [0.2, 0.25) is 5.91 Å². The first-order valence-corrected chi connectivity index (χ1v) is 6.04. The summed E-state index contributed by atoms with van der Waals surface area (Å²) in [6, 6.07) is 0. The molecular formula is C12H21NO3. The lowest BCUT2D eigenvalue weighted by Crippen LogP contribution is -2.38. The van der Waals surface area contributed by atoms with Gasteiger partial charge < -0.3 is 9.64 Å². The zero-order chi connectivity index (χ0) is 12.1. The Kier molecular flexibility index (Phi) is 4.77. The third-order valence-electron chi connectivity index (χ3n) is 2.86. The van der Waals surface area contributed by atoms with Crippen LogP contribution in [-0.2, 0) is 14.3 Å². The van der Waals surface area contributed by atoms with Crippen molar-refractivity contribution >= 4 is 11.9 Å². The molecular weight excluding hydrogens is 206 g/mol. The fraction of sp³-hybridized carbons (Fsp3) is 0.833. The molecule has 92 valence electrons. The van der Waals surface area contributed by atoms with Crippen molar-refractivity contribution in [3.05, 3.63) is 0 Å². The summed E-state index contributed by atoms with van der Waals surface area (Å²) in [5.74, 6) is 0.426. The van der Waals surface area contributed by atoms with Gasteiger partial charge in [-0.3, -0.25) is 9.59 Å². The number of nitrogens with zero attached hydrogens (tertiary/aromatic N) is 1. The number of carbonyl (C=O) groups is 2. The first-order chi connectivity index (χ1) is 7.60. The molecule has 1 amide bonds. The van der Waals surface area contributed by atoms with Crippen LogP contribution in [0.2, 0.25) is 0 Å². The predicted octanol–water partition coefficient (Wildman–Crippen LogP) is 1.44. The van der Waals surface area contributed by atoms with Crippen LogP contribution in [0.25, 0.3) is 0 Å². The van der Waals surface area contributed by atoms with Crippen molar-refractivity contribution < 1.29 is 14.3 Å². The third-order valence-corrected chi connectivity index (χ3v) is 2.86. The zero-order valence-electron chi connectivity index (χ0n) is 10.4. The van der Waals surface area contributed by atoms with Gasteiger partial charge in [0, 0.05) is 12.5 Å². The van der Waals surface area contributed by atoms with Crippen molar-refractivity contribution in [2.75, 3.05) is 19.7 Å². The molecule has 1 saturated carbocycles. The lowest BCUT2D eigenvalue weighted by atomic mass is 10.2. The van der Waals surface area contributed by atoms with Crippen LogP contribution in [0.4, 0.5) is 0 Å². The molecule has 0 saturated heterocycles. The average molecular weight is 227 g/mol. The molecule has 0 radical (unpaired) electrons. The second-order valence-corrected chi connectivity index (χ2v) is 4.38. The summed E-state index contributed by atoms with van der Waals surface area (Å²) >= 11 is 0. The summed E-state index contributed by atoms with van der Waals surface area (Å²) in [7, 11) is 0. The molecule has 4 heteroatoms. The van der Waals surface area contributed by atoms with Gasteiger partial charge in [0.15, 0.2) is 0 Å². The van der Waals surface area contributed by atoms with Crippen LogP contribution < -0.4 is 0 Å². The number of hydrogen-bond donors (Lipinski definition) is 0. The summed E-state index contributed by atoms with van der Waals surface area (Å²) in [6.07, 6.45) is 1.83. The molecule has 4 nitrogen and oxygen atoms in total. The molecule has 0 bridgehead atoms. The number of esters is 1. The summed E-state index contributed by atoms with van der Waals surface area (Å²) in [4.78, 5) is 24.9. The maximum atomic E-state index is 12.0. The van der Waals surface area contributed by atoms with E-state index < -0.39 is 0 Å². The second-order valence-electron chi connectivity index (χ2n) is 4.38. The van der Waals surface area contributed by atoms with Crippen molar-refractivity contribution in [3.8, 4) is 0 Å². The molecule has 2 atom stereocenters. The Hall–Kier alpha value is -1.06. The van der Waals surface area contributed by atoms with E-state index in [2.05, 4.69) is 6.92 Å². The summed E-state index contributed by atoms with van der Waals surface area (Å²) in [5, 5.41) is 0. The number of ether oxygens (including phenoxy) is 1. The molecule has 1 aliphatic rings. The largest absolute Gasteiger partial charge is 0.465 e. The topological polar surface area (TPSA) is 46.6 Å². The smallest absolute Gasteiger partial charge is 0.325 e. The minimum atomic E-state index is -0.308. The highest BCUT2D eigenvalue weighted by atomic mass is 16.5. The summed E-state index contributed by atoms with van der Waals surface area (Å²) in [5.41, 5.74) is 0. The van der Waals surface area contributed by atoms with Crippen molar-refractivity contribution in [3.63, 3.8) is 0 Å². The lowest BCUT2D eigenvalue weighted by molar-refractivity contribution is -0.149. The van der Waals surface area contributed by atoms with E-state index in [1.165, 1.54) is 0 Å². The van der Waals surface area contributed by atoms with Crippen LogP contribution in [0, 0.1) is 11.8 Å². The van der Waals surface area contributed by atoms with Gasteiger partial charge in [-0.05, 0) is 25.7 Å². The molecule has 0 spiro atoms. The van der Waals surface area contributed by atoms with Gasteiger partial charge in [0.05, 0.1) is 6.61 Å². The Morgan fingerprint density at radius 3 is 2.44 bits per heavy atom. The fourth-order valence-electron chi connectivity index (χ4n) is 1.80. The first kappa shape index (κ1) is 13.0. The predicted molar refractivity (Wildman–Crippen MR) is 60.8 cm³/mol. The van der Waals surface area contributed by atoms with E-state index in [0.717, 1.165) is 12.8 Å². The molecule has 1 fully saturated rings. The number of rotatable bonds is 6. The van der Waals surface area contributed by atoms with Crippen LogP contribution in [0.3, 0.4) is 0 Å². The molecule has 16 heavy (non-hydrogen) atoms. The van der Waals surface area contributed by atoms with Gasteiger partial charge in [-0.2, -0.15) is 0 Å². The van der Waals surface area contributed by atoms with Gasteiger partial charge >= 0.3 is 5.97 Å². The first-order valence-electron chi connectivity index (χ1n) is 6.04. The molecule has 1 rings (SSSR count). The Labute approximate surface area is 96.9 Å². The van der Waals surface area contributed by atoms with Crippen molar-refractivity contribution in [2.45, 2.75) is 33.6 Å². The van der Waals surface area contributed by atoms with E-state index in [1.807, 2.05) is 6.92 Å². The second kappa shape index (κ2) is 5.87. The minimum Gasteiger partial charge on any atom is -0.465 e. The van der Waals surface area contributed by atoms with Crippen LogP contribution in [0.15, 0.2) is 0 Å². The normalized spacial score (nSPS) is 22.7. The van der Waals surface area contributed by atoms with Gasteiger partial charge in [0.25, 0.3) is 0 Å². The highest BCUT2D eigenvalue weighted by Gasteiger charge is 2.41. The Morgan fingerprint density at radius 2 is 2.00 bits per heavy atom. The minimum absolute atomic E-state index is 0.101. The molecule has 0 N–H and O–H groups in total. The van der Waals surface area contributed by atoms with Gasteiger partial charge in [-0.25, -0.2) is 0 Å². The SMILES string of the molecule is CCCN(CC(=O)OCC)C(=O)C1CC1C. The molecule has 0 aliphatic heterocycles. The molecule has 2 unspecified atom stereocenters. The summed E-state index contributed by atoms with van der Waals surface area (Å²) in [6.45, 7) is 6.95. The maximum absolute atomic E-state index is 12.0. The average Bonchev–Trinajstić information content (AvgIpc) is 2.94. The van der Waals surface area contributed by atoms with Crippen LogP contribution in [-0.4, -0.2) is 36.5 Å². The maximum Gasteiger partial charge on any atom is 0.325 e. The van der Waals surface area contributed by atoms with E-state index in [4.69, 9.17) is 4.74 Å². The monoisotopic (exact) mass is 227 g/mol. The highest BCUT2D eigenvalue weighted by molar-refractivity contribution is 5.85. The number of amides is 1. The van der Waals surface area contributed by atoms with Crippen molar-refractivity contribution in [1.82, 2.24) is 4.90 Å². The summed E-state index contributed by atoms with van der Waals surface area (Å²) < 4.78 is 4.86. The Morgan fingerprint density at radius 1 is 1.38 bits per heavy atom.